The highest BCUT2D eigenvalue weighted by molar-refractivity contribution is 5.72. The first-order chi connectivity index (χ1) is 10.3. The quantitative estimate of drug-likeness (QED) is 0.924. The Hall–Kier alpha value is -1.60. The Morgan fingerprint density at radius 3 is 2.50 bits per heavy atom. The summed E-state index contributed by atoms with van der Waals surface area (Å²) in [7, 11) is 0. The summed E-state index contributed by atoms with van der Waals surface area (Å²) < 4.78 is 44.1. The molecule has 1 atom stereocenters. The molecule has 4 nitrogen and oxygen atoms in total. The summed E-state index contributed by atoms with van der Waals surface area (Å²) in [6.07, 6.45) is -5.25. The number of piperidine rings is 1. The average Bonchev–Trinajstić information content (AvgIpc) is 2.90. The van der Waals surface area contributed by atoms with Gasteiger partial charge in [-0.2, -0.15) is 13.2 Å². The van der Waals surface area contributed by atoms with E-state index >= 15 is 0 Å². The van der Waals surface area contributed by atoms with Gasteiger partial charge in [-0.15, -0.1) is 0 Å². The normalized spacial score (nSPS) is 21.1. The van der Waals surface area contributed by atoms with E-state index in [-0.39, 0.29) is 32.0 Å². The van der Waals surface area contributed by atoms with Gasteiger partial charge in [0.15, 0.2) is 11.2 Å². The lowest BCUT2D eigenvalue weighted by atomic mass is 9.90. The van der Waals surface area contributed by atoms with Crippen molar-refractivity contribution < 1.29 is 22.7 Å². The lowest BCUT2D eigenvalue weighted by molar-refractivity contribution is -0.273. The van der Waals surface area contributed by atoms with E-state index in [9.17, 15) is 18.3 Å². The third-order valence-electron chi connectivity index (χ3n) is 4.37. The fourth-order valence-electron chi connectivity index (χ4n) is 2.79. The van der Waals surface area contributed by atoms with Gasteiger partial charge >= 0.3 is 6.18 Å². The SMILES string of the molecule is CC(c1nc2ccccc2o1)N1CCC(O)(C(F)(F)F)CC1. The van der Waals surface area contributed by atoms with E-state index in [1.54, 1.807) is 6.07 Å². The van der Waals surface area contributed by atoms with Gasteiger partial charge in [0.25, 0.3) is 0 Å². The maximum absolute atomic E-state index is 12.8. The average molecular weight is 314 g/mol. The van der Waals surface area contributed by atoms with E-state index in [1.165, 1.54) is 0 Å². The molecule has 0 radical (unpaired) electrons. The van der Waals surface area contributed by atoms with E-state index in [4.69, 9.17) is 4.42 Å². The molecule has 2 aromatic rings. The van der Waals surface area contributed by atoms with Crippen LogP contribution < -0.4 is 0 Å². The van der Waals surface area contributed by atoms with Crippen molar-refractivity contribution in [3.63, 3.8) is 0 Å². The number of hydrogen-bond donors (Lipinski definition) is 1. The fourth-order valence-corrected chi connectivity index (χ4v) is 2.79. The molecule has 1 aliphatic rings. The number of likely N-dealkylation sites (tertiary alicyclic amines) is 1. The Labute approximate surface area is 125 Å². The zero-order chi connectivity index (χ0) is 16.0. The van der Waals surface area contributed by atoms with E-state index in [2.05, 4.69) is 4.98 Å². The molecule has 120 valence electrons. The summed E-state index contributed by atoms with van der Waals surface area (Å²) in [5.41, 5.74) is -1.19. The van der Waals surface area contributed by atoms with Gasteiger partial charge in [-0.1, -0.05) is 12.1 Å². The third-order valence-corrected chi connectivity index (χ3v) is 4.37. The Kier molecular flexibility index (Phi) is 3.65. The number of nitrogens with zero attached hydrogens (tertiary/aromatic N) is 2. The number of oxazole rings is 1. The molecule has 2 heterocycles. The van der Waals surface area contributed by atoms with Crippen LogP contribution in [0, 0.1) is 0 Å². The molecule has 1 aliphatic heterocycles. The number of hydrogen-bond acceptors (Lipinski definition) is 4. The second-order valence-corrected chi connectivity index (χ2v) is 5.76. The van der Waals surface area contributed by atoms with Crippen LogP contribution in [0.5, 0.6) is 0 Å². The van der Waals surface area contributed by atoms with Crippen LogP contribution >= 0.6 is 0 Å². The summed E-state index contributed by atoms with van der Waals surface area (Å²) in [5, 5.41) is 9.70. The van der Waals surface area contributed by atoms with Crippen LogP contribution in [-0.4, -0.2) is 39.9 Å². The van der Waals surface area contributed by atoms with Crippen molar-refractivity contribution in [2.75, 3.05) is 13.1 Å². The summed E-state index contributed by atoms with van der Waals surface area (Å²) in [4.78, 5) is 6.23. The second kappa shape index (κ2) is 5.24. The van der Waals surface area contributed by atoms with Crippen molar-refractivity contribution >= 4 is 11.1 Å². The minimum absolute atomic E-state index is 0.149. The van der Waals surface area contributed by atoms with E-state index in [0.717, 1.165) is 5.52 Å². The summed E-state index contributed by atoms with van der Waals surface area (Å²) in [6.45, 7) is 2.15. The number of aliphatic hydroxyl groups is 1. The van der Waals surface area contributed by atoms with Gasteiger partial charge in [-0.05, 0) is 31.9 Å². The molecular formula is C15H17F3N2O2. The van der Waals surface area contributed by atoms with Crippen LogP contribution in [0.25, 0.3) is 11.1 Å². The molecule has 0 saturated carbocycles. The van der Waals surface area contributed by atoms with Crippen molar-refractivity contribution in [1.82, 2.24) is 9.88 Å². The van der Waals surface area contributed by atoms with Crippen LogP contribution in [0.1, 0.15) is 31.7 Å². The van der Waals surface area contributed by atoms with Gasteiger partial charge in [-0.3, -0.25) is 4.90 Å². The molecule has 1 aromatic heterocycles. The lowest BCUT2D eigenvalue weighted by Gasteiger charge is -2.40. The van der Waals surface area contributed by atoms with Crippen molar-refractivity contribution in [3.8, 4) is 0 Å². The van der Waals surface area contributed by atoms with Crippen LogP contribution in [0.2, 0.25) is 0 Å². The molecule has 7 heteroatoms. The van der Waals surface area contributed by atoms with Gasteiger partial charge in [0.05, 0.1) is 6.04 Å². The predicted molar refractivity (Wildman–Crippen MR) is 74.2 cm³/mol. The topological polar surface area (TPSA) is 49.5 Å². The predicted octanol–water partition coefficient (Wildman–Crippen LogP) is 3.28. The van der Waals surface area contributed by atoms with Crippen LogP contribution in [0.15, 0.2) is 28.7 Å². The number of halogens is 3. The lowest BCUT2D eigenvalue weighted by Crippen LogP contribution is -2.53. The third kappa shape index (κ3) is 2.59. The van der Waals surface area contributed by atoms with Gasteiger partial charge in [-0.25, -0.2) is 4.98 Å². The van der Waals surface area contributed by atoms with Crippen molar-refractivity contribution in [1.29, 1.82) is 0 Å². The Bertz CT molecular complexity index is 627. The molecule has 1 unspecified atom stereocenters. The Balaban J connectivity index is 1.73. The minimum atomic E-state index is -4.58. The molecule has 1 fully saturated rings. The highest BCUT2D eigenvalue weighted by Gasteiger charge is 2.54. The van der Waals surface area contributed by atoms with Crippen molar-refractivity contribution in [2.45, 2.75) is 37.6 Å². The number of benzene rings is 1. The van der Waals surface area contributed by atoms with E-state index in [1.807, 2.05) is 30.0 Å². The van der Waals surface area contributed by atoms with Crippen LogP contribution in [-0.2, 0) is 0 Å². The first kappa shape index (κ1) is 15.3. The molecule has 3 rings (SSSR count). The zero-order valence-corrected chi connectivity index (χ0v) is 12.1. The Morgan fingerprint density at radius 1 is 1.27 bits per heavy atom. The number of fused-ring (bicyclic) bond motifs is 1. The maximum atomic E-state index is 12.8. The van der Waals surface area contributed by atoms with Crippen molar-refractivity contribution in [2.24, 2.45) is 0 Å². The summed E-state index contributed by atoms with van der Waals surface area (Å²) >= 11 is 0. The fraction of sp³-hybridized carbons (Fsp3) is 0.533. The largest absolute Gasteiger partial charge is 0.439 e. The van der Waals surface area contributed by atoms with Crippen LogP contribution in [0.4, 0.5) is 13.2 Å². The molecular weight excluding hydrogens is 297 g/mol. The van der Waals surface area contributed by atoms with E-state index < -0.39 is 11.8 Å². The molecule has 1 N–H and O–H groups in total. The number of aromatic nitrogens is 1. The molecule has 0 aliphatic carbocycles. The highest BCUT2D eigenvalue weighted by Crippen LogP contribution is 2.40. The smallest absolute Gasteiger partial charge is 0.417 e. The molecule has 0 bridgehead atoms. The van der Waals surface area contributed by atoms with Gasteiger partial charge in [0.2, 0.25) is 5.89 Å². The second-order valence-electron chi connectivity index (χ2n) is 5.76. The minimum Gasteiger partial charge on any atom is -0.439 e. The monoisotopic (exact) mass is 314 g/mol. The standard InChI is InChI=1S/C15H17F3N2O2/c1-10(13-19-11-4-2-3-5-12(11)22-13)20-8-6-14(21,7-9-20)15(16,17)18/h2-5,10,21H,6-9H2,1H3. The summed E-state index contributed by atoms with van der Waals surface area (Å²) in [5.74, 6) is 0.485. The van der Waals surface area contributed by atoms with Gasteiger partial charge in [0.1, 0.15) is 5.52 Å². The molecule has 22 heavy (non-hydrogen) atoms. The maximum Gasteiger partial charge on any atom is 0.417 e. The highest BCUT2D eigenvalue weighted by atomic mass is 19.4. The molecule has 1 saturated heterocycles. The molecule has 0 amide bonds. The molecule has 0 spiro atoms. The molecule has 1 aromatic carbocycles. The number of para-hydroxylation sites is 2. The Morgan fingerprint density at radius 2 is 1.91 bits per heavy atom. The summed E-state index contributed by atoms with van der Waals surface area (Å²) in [6, 6.07) is 7.09. The number of alkyl halides is 3. The van der Waals surface area contributed by atoms with E-state index in [0.29, 0.717) is 11.5 Å². The first-order valence-corrected chi connectivity index (χ1v) is 7.19. The van der Waals surface area contributed by atoms with Gasteiger partial charge < -0.3 is 9.52 Å². The van der Waals surface area contributed by atoms with Crippen molar-refractivity contribution in [3.05, 3.63) is 30.2 Å². The van der Waals surface area contributed by atoms with Crippen LogP contribution in [0.3, 0.4) is 0 Å². The first-order valence-electron chi connectivity index (χ1n) is 7.19. The van der Waals surface area contributed by atoms with Gasteiger partial charge in [0, 0.05) is 13.1 Å². The number of rotatable bonds is 2. The zero-order valence-electron chi connectivity index (χ0n) is 12.1.